The molecule has 0 saturated heterocycles. The van der Waals surface area contributed by atoms with Crippen molar-refractivity contribution in [3.8, 4) is 5.75 Å². The van der Waals surface area contributed by atoms with Gasteiger partial charge >= 0.3 is 0 Å². The molecule has 0 saturated carbocycles. The highest BCUT2D eigenvalue weighted by Crippen LogP contribution is 2.38. The van der Waals surface area contributed by atoms with Crippen molar-refractivity contribution in [3.05, 3.63) is 53.1 Å². The number of sulfonamides is 1. The average Bonchev–Trinajstić information content (AvgIpc) is 2.77. The summed E-state index contributed by atoms with van der Waals surface area (Å²) in [7, 11) is -3.64. The Bertz CT molecular complexity index is 1110. The van der Waals surface area contributed by atoms with Gasteiger partial charge < -0.3 is 9.64 Å². The van der Waals surface area contributed by atoms with Gasteiger partial charge in [-0.15, -0.1) is 0 Å². The fraction of sp³-hybridized carbons (Fsp3) is 0.480. The molecule has 0 bridgehead atoms. The maximum atomic E-state index is 13.3. The van der Waals surface area contributed by atoms with Crippen molar-refractivity contribution in [2.24, 2.45) is 11.3 Å². The number of carbonyl (C=O) groups is 1. The molecule has 0 fully saturated rings. The smallest absolute Gasteiger partial charge is 0.236 e. The third-order valence-electron chi connectivity index (χ3n) is 5.72. The number of ether oxygens (including phenoxy) is 1. The normalized spacial score (nSPS) is 15.8. The van der Waals surface area contributed by atoms with Gasteiger partial charge in [-0.2, -0.15) is 0 Å². The van der Waals surface area contributed by atoms with Crippen LogP contribution < -0.4 is 14.4 Å². The molecule has 1 aliphatic rings. The molecule has 3 rings (SSSR count). The van der Waals surface area contributed by atoms with Crippen molar-refractivity contribution in [2.45, 2.75) is 53.7 Å². The van der Waals surface area contributed by atoms with Crippen LogP contribution in [0.25, 0.3) is 0 Å². The van der Waals surface area contributed by atoms with Gasteiger partial charge in [0.25, 0.3) is 0 Å². The van der Waals surface area contributed by atoms with E-state index in [4.69, 9.17) is 4.74 Å². The van der Waals surface area contributed by atoms with E-state index in [9.17, 15) is 13.2 Å². The van der Waals surface area contributed by atoms with E-state index >= 15 is 0 Å². The number of amides is 1. The Hall–Kier alpha value is -2.54. The van der Waals surface area contributed by atoms with E-state index in [1.165, 1.54) is 0 Å². The van der Waals surface area contributed by atoms with Crippen LogP contribution in [0.15, 0.2) is 36.4 Å². The number of rotatable bonds is 7. The molecule has 7 heteroatoms. The number of nitrogens with zero attached hydrogens (tertiary/aromatic N) is 1. The summed E-state index contributed by atoms with van der Waals surface area (Å²) in [5.74, 6) is 0.882. The monoisotopic (exact) mass is 458 g/mol. The summed E-state index contributed by atoms with van der Waals surface area (Å²) in [6, 6.07) is 10.9. The summed E-state index contributed by atoms with van der Waals surface area (Å²) >= 11 is 0. The van der Waals surface area contributed by atoms with E-state index in [0.717, 1.165) is 23.1 Å². The number of carbonyl (C=O) groups excluding carboxylic acids is 1. The zero-order valence-corrected chi connectivity index (χ0v) is 20.7. The predicted octanol–water partition coefficient (Wildman–Crippen LogP) is 5.04. The van der Waals surface area contributed by atoms with E-state index in [0.29, 0.717) is 29.6 Å². The molecule has 0 spiro atoms. The van der Waals surface area contributed by atoms with Gasteiger partial charge in [0.15, 0.2) is 0 Å². The van der Waals surface area contributed by atoms with Gasteiger partial charge in [0.2, 0.25) is 15.9 Å². The Labute approximate surface area is 192 Å². The van der Waals surface area contributed by atoms with Crippen molar-refractivity contribution in [1.29, 1.82) is 0 Å². The first-order valence-corrected chi connectivity index (χ1v) is 12.7. The van der Waals surface area contributed by atoms with Gasteiger partial charge in [0.1, 0.15) is 12.4 Å². The number of benzene rings is 2. The first-order valence-electron chi connectivity index (χ1n) is 11.0. The highest BCUT2D eigenvalue weighted by Gasteiger charge is 2.37. The van der Waals surface area contributed by atoms with Gasteiger partial charge in [-0.25, -0.2) is 8.42 Å². The van der Waals surface area contributed by atoms with Gasteiger partial charge in [-0.1, -0.05) is 37.6 Å². The Kier molecular flexibility index (Phi) is 6.89. The molecule has 1 N–H and O–H groups in total. The summed E-state index contributed by atoms with van der Waals surface area (Å²) in [4.78, 5) is 15.0. The number of nitrogens with one attached hydrogen (secondary N) is 1. The van der Waals surface area contributed by atoms with Crippen molar-refractivity contribution in [1.82, 2.24) is 0 Å². The highest BCUT2D eigenvalue weighted by molar-refractivity contribution is 7.91. The minimum Gasteiger partial charge on any atom is -0.490 e. The number of anilines is 2. The molecule has 0 unspecified atom stereocenters. The molecule has 1 heterocycles. The molecule has 1 aliphatic heterocycles. The molecule has 0 aromatic heterocycles. The largest absolute Gasteiger partial charge is 0.490 e. The van der Waals surface area contributed by atoms with Crippen LogP contribution in [-0.2, 0) is 20.6 Å². The summed E-state index contributed by atoms with van der Waals surface area (Å²) in [6.07, 6.45) is 0.837. The lowest BCUT2D eigenvalue weighted by molar-refractivity contribution is -0.127. The van der Waals surface area contributed by atoms with Crippen molar-refractivity contribution in [3.63, 3.8) is 0 Å². The number of aryl methyl sites for hydroxylation is 2. The third kappa shape index (κ3) is 5.63. The summed E-state index contributed by atoms with van der Waals surface area (Å²) in [5, 5.41) is 0. The molecule has 0 atom stereocenters. The Balaban J connectivity index is 1.91. The lowest BCUT2D eigenvalue weighted by atomic mass is 9.92. The molecular formula is C25H34N2O4S. The second-order valence-corrected chi connectivity index (χ2v) is 11.5. The molecular weight excluding hydrogens is 424 g/mol. The van der Waals surface area contributed by atoms with Crippen LogP contribution in [0.4, 0.5) is 11.4 Å². The molecule has 2 aromatic rings. The predicted molar refractivity (Wildman–Crippen MR) is 130 cm³/mol. The van der Waals surface area contributed by atoms with E-state index in [1.807, 2.05) is 45.9 Å². The van der Waals surface area contributed by atoms with Crippen LogP contribution in [0.3, 0.4) is 0 Å². The van der Waals surface area contributed by atoms with Crippen molar-refractivity contribution in [2.75, 3.05) is 22.8 Å². The Morgan fingerprint density at radius 1 is 1.12 bits per heavy atom. The summed E-state index contributed by atoms with van der Waals surface area (Å²) < 4.78 is 34.4. The molecule has 2 aromatic carbocycles. The molecule has 6 nitrogen and oxygen atoms in total. The molecule has 0 radical (unpaired) electrons. The standard InChI is InChI=1S/C25H34N2O4S/c1-17(2)11-12-27-22-14-21(9-10-23(22)31-16-25(5,6)24(27)28)26-32(29,30)15-20-13-18(3)7-8-19(20)4/h7-10,13-14,17,26H,11-12,15-16H2,1-6H3. The second kappa shape index (κ2) is 9.14. The molecule has 1 amide bonds. The van der Waals surface area contributed by atoms with Gasteiger partial charge in [-0.3, -0.25) is 9.52 Å². The number of fused-ring (bicyclic) bond motifs is 1. The van der Waals surface area contributed by atoms with E-state index < -0.39 is 15.4 Å². The van der Waals surface area contributed by atoms with Crippen molar-refractivity contribution >= 4 is 27.3 Å². The molecule has 0 aliphatic carbocycles. The summed E-state index contributed by atoms with van der Waals surface area (Å²) in [6.45, 7) is 12.6. The first-order chi connectivity index (χ1) is 14.9. The SMILES string of the molecule is Cc1ccc(C)c(CS(=O)(=O)Nc2ccc3c(c2)N(CCC(C)C)C(=O)C(C)(C)CO3)c1. The zero-order chi connectivity index (χ0) is 23.7. The Morgan fingerprint density at radius 3 is 2.53 bits per heavy atom. The lowest BCUT2D eigenvalue weighted by Crippen LogP contribution is -2.42. The van der Waals surface area contributed by atoms with Crippen LogP contribution in [0, 0.1) is 25.2 Å². The maximum absolute atomic E-state index is 13.3. The third-order valence-corrected chi connectivity index (χ3v) is 6.95. The van der Waals surface area contributed by atoms with Crippen LogP contribution in [0.2, 0.25) is 0 Å². The fourth-order valence-corrected chi connectivity index (χ4v) is 4.97. The lowest BCUT2D eigenvalue weighted by Gasteiger charge is -2.28. The summed E-state index contributed by atoms with van der Waals surface area (Å²) in [5.41, 5.74) is 3.08. The minimum absolute atomic E-state index is 0.0210. The quantitative estimate of drug-likeness (QED) is 0.630. The van der Waals surface area contributed by atoms with Crippen LogP contribution in [0.5, 0.6) is 5.75 Å². The molecule has 32 heavy (non-hydrogen) atoms. The maximum Gasteiger partial charge on any atom is 0.236 e. The minimum atomic E-state index is -3.64. The fourth-order valence-electron chi connectivity index (χ4n) is 3.69. The van der Waals surface area contributed by atoms with Gasteiger partial charge in [0, 0.05) is 6.54 Å². The van der Waals surface area contributed by atoms with Crippen LogP contribution in [-0.4, -0.2) is 27.5 Å². The van der Waals surface area contributed by atoms with Crippen LogP contribution >= 0.6 is 0 Å². The average molecular weight is 459 g/mol. The van der Waals surface area contributed by atoms with E-state index in [-0.39, 0.29) is 18.3 Å². The van der Waals surface area contributed by atoms with Gasteiger partial charge in [-0.05, 0) is 69.4 Å². The highest BCUT2D eigenvalue weighted by atomic mass is 32.2. The van der Waals surface area contributed by atoms with Crippen LogP contribution in [0.1, 0.15) is 50.8 Å². The topological polar surface area (TPSA) is 75.7 Å². The van der Waals surface area contributed by atoms with E-state index in [2.05, 4.69) is 18.6 Å². The van der Waals surface area contributed by atoms with Gasteiger partial charge in [0.05, 0.1) is 22.5 Å². The number of hydrogen-bond donors (Lipinski definition) is 1. The first kappa shape index (κ1) is 24.1. The second-order valence-electron chi connectivity index (χ2n) is 9.79. The zero-order valence-electron chi connectivity index (χ0n) is 19.9. The van der Waals surface area contributed by atoms with E-state index in [1.54, 1.807) is 23.1 Å². The number of hydrogen-bond acceptors (Lipinski definition) is 4. The molecule has 174 valence electrons. The Morgan fingerprint density at radius 2 is 1.84 bits per heavy atom. The van der Waals surface area contributed by atoms with Crippen molar-refractivity contribution < 1.29 is 17.9 Å².